The first-order valence-corrected chi connectivity index (χ1v) is 14.8. The zero-order chi connectivity index (χ0) is 28.9. The van der Waals surface area contributed by atoms with E-state index in [0.717, 1.165) is 25.0 Å². The molecule has 1 saturated heterocycles. The summed E-state index contributed by atoms with van der Waals surface area (Å²) in [5.41, 5.74) is -0.664. The fraction of sp³-hybridized carbons (Fsp3) is 0.667. The Morgan fingerprint density at radius 1 is 1.02 bits per heavy atom. The first-order chi connectivity index (χ1) is 18.7. The number of methoxy groups -OCH3 is 1. The zero-order valence-corrected chi connectivity index (χ0v) is 24.8. The van der Waals surface area contributed by atoms with Crippen LogP contribution in [-0.2, 0) is 35.0 Å². The summed E-state index contributed by atoms with van der Waals surface area (Å²) in [5, 5.41) is 0. The van der Waals surface area contributed by atoms with E-state index in [1.807, 2.05) is 47.6 Å². The van der Waals surface area contributed by atoms with Gasteiger partial charge >= 0.3 is 17.9 Å². The monoisotopic (exact) mass is 550 g/mol. The van der Waals surface area contributed by atoms with Crippen molar-refractivity contribution < 1.29 is 33.3 Å². The number of esters is 3. The van der Waals surface area contributed by atoms with Gasteiger partial charge in [0.05, 0.1) is 12.5 Å². The average Bonchev–Trinajstić information content (AvgIpc) is 3.42. The second kappa shape index (κ2) is 8.59. The zero-order valence-electron chi connectivity index (χ0n) is 24.8. The molecule has 3 fully saturated rings. The van der Waals surface area contributed by atoms with Gasteiger partial charge in [0.2, 0.25) is 5.60 Å². The summed E-state index contributed by atoms with van der Waals surface area (Å²) in [6, 6.07) is 6.24. The van der Waals surface area contributed by atoms with Crippen LogP contribution in [0.4, 0.5) is 0 Å². The number of benzene rings is 1. The molecule has 6 atom stereocenters. The van der Waals surface area contributed by atoms with Gasteiger partial charge in [-0.25, -0.2) is 4.79 Å². The van der Waals surface area contributed by atoms with Gasteiger partial charge in [-0.15, -0.1) is 0 Å². The van der Waals surface area contributed by atoms with E-state index in [4.69, 9.17) is 18.9 Å². The molecule has 0 spiro atoms. The Bertz CT molecular complexity index is 1320. The molecule has 0 N–H and O–H groups in total. The van der Waals surface area contributed by atoms with Crippen molar-refractivity contribution in [2.24, 2.45) is 28.1 Å². The average molecular weight is 551 g/mol. The van der Waals surface area contributed by atoms with Crippen molar-refractivity contribution >= 4 is 23.5 Å². The number of ether oxygens (including phenoxy) is 4. The minimum absolute atomic E-state index is 0.0131. The molecule has 0 unspecified atom stereocenters. The number of aryl methyl sites for hydroxylation is 1. The third kappa shape index (κ3) is 3.45. The molecule has 7 heteroatoms. The number of carbonyl (C=O) groups excluding carboxylic acids is 3. The fourth-order valence-electron chi connectivity index (χ4n) is 8.57. The maximum atomic E-state index is 14.2. The summed E-state index contributed by atoms with van der Waals surface area (Å²) in [6.07, 6.45) is 6.14. The molecular weight excluding hydrogens is 508 g/mol. The molecule has 4 aliphatic carbocycles. The second-order valence-corrected chi connectivity index (χ2v) is 14.3. The highest BCUT2D eigenvalue weighted by atomic mass is 16.6. The van der Waals surface area contributed by atoms with Gasteiger partial charge in [0.1, 0.15) is 22.9 Å². The van der Waals surface area contributed by atoms with E-state index in [1.165, 1.54) is 16.7 Å². The highest BCUT2D eigenvalue weighted by Gasteiger charge is 2.77. The number of allylic oxidation sites excluding steroid dienone is 2. The third-order valence-corrected chi connectivity index (χ3v) is 11.3. The molecular formula is C33H42O7. The Morgan fingerprint density at radius 2 is 1.77 bits per heavy atom. The van der Waals surface area contributed by atoms with E-state index in [-0.39, 0.29) is 23.8 Å². The van der Waals surface area contributed by atoms with Gasteiger partial charge in [-0.1, -0.05) is 26.0 Å². The van der Waals surface area contributed by atoms with Crippen LogP contribution in [0.3, 0.4) is 0 Å². The van der Waals surface area contributed by atoms with Gasteiger partial charge in [0, 0.05) is 5.41 Å². The Morgan fingerprint density at radius 3 is 2.40 bits per heavy atom. The van der Waals surface area contributed by atoms with Crippen LogP contribution in [-0.4, -0.2) is 42.3 Å². The molecule has 5 aliphatic rings. The number of fused-ring (bicyclic) bond motifs is 7. The molecule has 2 bridgehead atoms. The van der Waals surface area contributed by atoms with Crippen LogP contribution >= 0.6 is 0 Å². The lowest BCUT2D eigenvalue weighted by molar-refractivity contribution is -0.199. The van der Waals surface area contributed by atoms with Crippen LogP contribution in [0.2, 0.25) is 0 Å². The molecule has 0 radical (unpaired) electrons. The van der Waals surface area contributed by atoms with Crippen LogP contribution in [0.1, 0.15) is 91.2 Å². The predicted octanol–water partition coefficient (Wildman–Crippen LogP) is 5.82. The predicted molar refractivity (Wildman–Crippen MR) is 148 cm³/mol. The second-order valence-electron chi connectivity index (χ2n) is 14.3. The first-order valence-electron chi connectivity index (χ1n) is 14.8. The molecule has 1 heterocycles. The van der Waals surface area contributed by atoms with Gasteiger partial charge in [0.25, 0.3) is 0 Å². The van der Waals surface area contributed by atoms with E-state index in [9.17, 15) is 14.4 Å². The maximum Gasteiger partial charge on any atom is 0.351 e. The normalized spacial score (nSPS) is 37.0. The minimum Gasteiger partial charge on any atom is -0.497 e. The molecule has 1 aliphatic heterocycles. The number of rotatable bonds is 4. The standard InChI is InChI=1S/C33H42O7/c1-29(2,3)39-27(35)32-15-14-22-21-11-9-20(37-7)18-19(21)8-10-23(22)24(32)12-13-25(32)38-28(36)33-17-16-31(6,26(34)40-33)30(33,4)5/h9,11,14,18,23-25H,8,10,12-13,15-17H2,1-7H3/t23-,24-,25-,31-,32-,33+/m0/s1. The lowest BCUT2D eigenvalue weighted by Crippen LogP contribution is -2.55. The smallest absolute Gasteiger partial charge is 0.351 e. The van der Waals surface area contributed by atoms with E-state index in [1.54, 1.807) is 7.11 Å². The lowest BCUT2D eigenvalue weighted by atomic mass is 9.59. The Hall–Kier alpha value is -2.83. The maximum absolute atomic E-state index is 14.2. The van der Waals surface area contributed by atoms with Crippen molar-refractivity contribution in [3.63, 3.8) is 0 Å². The molecule has 7 nitrogen and oxygen atoms in total. The number of hydrogen-bond donors (Lipinski definition) is 0. The topological polar surface area (TPSA) is 88.1 Å². The molecule has 40 heavy (non-hydrogen) atoms. The quantitative estimate of drug-likeness (QED) is 0.345. The molecule has 1 aromatic rings. The van der Waals surface area contributed by atoms with E-state index < -0.39 is 39.5 Å². The highest BCUT2D eigenvalue weighted by molar-refractivity contribution is 5.94. The van der Waals surface area contributed by atoms with Crippen molar-refractivity contribution in [2.75, 3.05) is 7.11 Å². The van der Waals surface area contributed by atoms with Crippen LogP contribution in [0, 0.1) is 28.1 Å². The Balaban J connectivity index is 1.37. The van der Waals surface area contributed by atoms with E-state index in [0.29, 0.717) is 25.7 Å². The minimum atomic E-state index is -1.33. The van der Waals surface area contributed by atoms with Gasteiger partial charge in [0.15, 0.2) is 0 Å². The first kappa shape index (κ1) is 27.3. The van der Waals surface area contributed by atoms with Crippen molar-refractivity contribution in [1.82, 2.24) is 0 Å². The molecule has 1 aromatic carbocycles. The largest absolute Gasteiger partial charge is 0.497 e. The molecule has 216 valence electrons. The SMILES string of the molecule is COc1ccc2c(c1)CC[C@H]1C2=CC[C@@]2(C(=O)OC(C)(C)C)[C@@H](OC(=O)[C@@]34CC[C@@](C)(C(=O)O3)C4(C)C)CC[C@@H]12. The summed E-state index contributed by atoms with van der Waals surface area (Å²) >= 11 is 0. The third-order valence-electron chi connectivity index (χ3n) is 11.3. The van der Waals surface area contributed by atoms with Crippen LogP contribution in [0.25, 0.3) is 5.57 Å². The lowest BCUT2D eigenvalue weighted by Gasteiger charge is -2.47. The van der Waals surface area contributed by atoms with E-state index >= 15 is 0 Å². The summed E-state index contributed by atoms with van der Waals surface area (Å²) in [6.45, 7) is 11.4. The Kier molecular flexibility index (Phi) is 5.87. The molecule has 0 aromatic heterocycles. The van der Waals surface area contributed by atoms with Crippen LogP contribution in [0.5, 0.6) is 5.75 Å². The number of hydrogen-bond acceptors (Lipinski definition) is 7. The summed E-state index contributed by atoms with van der Waals surface area (Å²) < 4.78 is 23.7. The summed E-state index contributed by atoms with van der Waals surface area (Å²) in [4.78, 5) is 41.1. The number of carbonyl (C=O) groups is 3. The van der Waals surface area contributed by atoms with E-state index in [2.05, 4.69) is 18.2 Å². The molecule has 2 saturated carbocycles. The van der Waals surface area contributed by atoms with Crippen molar-refractivity contribution in [3.05, 3.63) is 35.4 Å². The van der Waals surface area contributed by atoms with Gasteiger partial charge < -0.3 is 18.9 Å². The van der Waals surface area contributed by atoms with Crippen LogP contribution < -0.4 is 4.74 Å². The van der Waals surface area contributed by atoms with Gasteiger partial charge in [-0.2, -0.15) is 0 Å². The highest BCUT2D eigenvalue weighted by Crippen LogP contribution is 2.67. The fourth-order valence-corrected chi connectivity index (χ4v) is 8.57. The molecule has 0 amide bonds. The van der Waals surface area contributed by atoms with Crippen molar-refractivity contribution in [3.8, 4) is 5.75 Å². The van der Waals surface area contributed by atoms with Crippen molar-refractivity contribution in [2.45, 2.75) is 104 Å². The molecule has 6 rings (SSSR count). The summed E-state index contributed by atoms with van der Waals surface area (Å²) in [7, 11) is 1.68. The van der Waals surface area contributed by atoms with Gasteiger partial charge in [-0.05, 0) is 113 Å². The van der Waals surface area contributed by atoms with Crippen LogP contribution in [0.15, 0.2) is 24.3 Å². The summed E-state index contributed by atoms with van der Waals surface area (Å²) in [5.74, 6) is -0.151. The van der Waals surface area contributed by atoms with Gasteiger partial charge in [-0.3, -0.25) is 9.59 Å². The van der Waals surface area contributed by atoms with Crippen molar-refractivity contribution in [1.29, 1.82) is 0 Å². The Labute approximate surface area is 237 Å².